The van der Waals surface area contributed by atoms with E-state index in [1.807, 2.05) is 20.8 Å². The molecule has 9 nitrogen and oxygen atoms in total. The van der Waals surface area contributed by atoms with Crippen LogP contribution in [0.5, 0.6) is 5.75 Å². The number of carboxylic acid groups (broad SMARTS) is 1. The lowest BCUT2D eigenvalue weighted by atomic mass is 9.41. The molecule has 1 aromatic carbocycles. The molecule has 4 N–H and O–H groups in total. The number of carbonyl (C=O) groups excluding carboxylic acids is 1. The molecule has 10 heteroatoms. The molecule has 2 unspecified atom stereocenters. The van der Waals surface area contributed by atoms with Crippen LogP contribution in [-0.2, 0) is 9.59 Å². The third-order valence-electron chi connectivity index (χ3n) is 11.4. The van der Waals surface area contributed by atoms with Crippen molar-refractivity contribution in [3.05, 3.63) is 36.4 Å². The maximum absolute atomic E-state index is 13.8. The molecule has 0 spiro atoms. The molecule has 216 valence electrons. The van der Waals surface area contributed by atoms with Crippen LogP contribution in [-0.4, -0.2) is 75.6 Å². The van der Waals surface area contributed by atoms with E-state index in [0.29, 0.717) is 17.4 Å². The van der Waals surface area contributed by atoms with Crippen molar-refractivity contribution in [1.82, 2.24) is 4.92 Å². The zero-order valence-electron chi connectivity index (χ0n) is 23.9. The van der Waals surface area contributed by atoms with Gasteiger partial charge in [0, 0.05) is 24.3 Å². The van der Waals surface area contributed by atoms with Crippen molar-refractivity contribution in [2.45, 2.75) is 71.7 Å². The summed E-state index contributed by atoms with van der Waals surface area (Å²) >= 11 is 0. The molecular formula is C30H41BN2O7. The lowest BCUT2D eigenvalue weighted by Crippen LogP contribution is -2.63. The quantitative estimate of drug-likeness (QED) is 0.322. The van der Waals surface area contributed by atoms with Crippen molar-refractivity contribution in [2.24, 2.45) is 45.0 Å². The summed E-state index contributed by atoms with van der Waals surface area (Å²) in [5.41, 5.74) is -1.12. The molecule has 3 aliphatic carbocycles. The monoisotopic (exact) mass is 552 g/mol. The largest absolute Gasteiger partial charge is 0.478 e. The molecule has 3 fully saturated rings. The summed E-state index contributed by atoms with van der Waals surface area (Å²) in [7, 11) is 0.627. The Kier molecular flexibility index (Phi) is 6.99. The van der Waals surface area contributed by atoms with Crippen molar-refractivity contribution >= 4 is 30.5 Å². The lowest BCUT2D eigenvalue weighted by Gasteiger charge is -2.62. The fraction of sp³-hybridized carbons (Fsp3) is 0.633. The maximum Gasteiger partial charge on any atom is 0.466 e. The van der Waals surface area contributed by atoms with Gasteiger partial charge in [0.25, 0.3) is 0 Å². The summed E-state index contributed by atoms with van der Waals surface area (Å²) in [6, 6.07) is 5.02. The number of Topliss-reactive ketones (excluding diaryl/α,β-unsaturated/α-hetero) is 1. The Hall–Kier alpha value is -2.69. The Morgan fingerprint density at radius 2 is 1.98 bits per heavy atom. The van der Waals surface area contributed by atoms with Crippen LogP contribution in [0.4, 0.5) is 0 Å². The van der Waals surface area contributed by atoms with Gasteiger partial charge in [-0.1, -0.05) is 39.8 Å². The normalized spacial score (nSPS) is 41.5. The second kappa shape index (κ2) is 9.70. The summed E-state index contributed by atoms with van der Waals surface area (Å²) in [6.07, 6.45) is 1.83. The van der Waals surface area contributed by atoms with Crippen LogP contribution in [0.1, 0.15) is 58.9 Å². The average molecular weight is 552 g/mol. The maximum atomic E-state index is 13.8. The van der Waals surface area contributed by atoms with Gasteiger partial charge in [0.2, 0.25) is 0 Å². The highest BCUT2D eigenvalue weighted by molar-refractivity contribution is 6.65. The summed E-state index contributed by atoms with van der Waals surface area (Å²) in [5, 5.41) is 48.2. The number of hydrazone groups is 1. The van der Waals surface area contributed by atoms with E-state index < -0.39 is 59.4 Å². The number of ketones is 1. The first-order chi connectivity index (χ1) is 18.7. The van der Waals surface area contributed by atoms with E-state index in [2.05, 4.69) is 18.6 Å². The third-order valence-corrected chi connectivity index (χ3v) is 11.4. The van der Waals surface area contributed by atoms with Crippen molar-refractivity contribution in [2.75, 3.05) is 7.05 Å². The standard InChI is InChI=1S/C30H41BN2O7/c1-7-28(4)13-20(24(27(37)38)40-19-9-8-18-15-32-33(6)31(39)21(18)12-19)29(5)16(2)10-11-30(17(3)26(28)36)14-22(34)23(35)25(29)30/h7-9,12,15-17,20,22,24-26,34,36,39H,1,10-11,13-14H2,2-6H3,(H,37,38)/t16-,17+,20+,22?,24?,25+,26+,28-,29-,30+/m1/s1. The SMILES string of the molecule is C=C[C@]1(C)C[C@@H](C(Oc2ccc3c(c2)B(O)N(C)N=C3)C(=O)O)[C@@]2(C)[C@H](C)CC[C@]3(CC(O)C(=O)[C@H]32)[C@@H](C)[C@@H]1O. The van der Waals surface area contributed by atoms with E-state index in [-0.39, 0.29) is 36.2 Å². The van der Waals surface area contributed by atoms with Gasteiger partial charge in [-0.05, 0) is 71.5 Å². The minimum Gasteiger partial charge on any atom is -0.478 e. The van der Waals surface area contributed by atoms with E-state index >= 15 is 0 Å². The number of aliphatic carboxylic acids is 1. The number of hydrogen-bond donors (Lipinski definition) is 4. The molecule has 0 radical (unpaired) electrons. The second-order valence-corrected chi connectivity index (χ2v) is 13.2. The van der Waals surface area contributed by atoms with Crippen molar-refractivity contribution in [3.8, 4) is 5.75 Å². The fourth-order valence-electron chi connectivity index (χ4n) is 8.74. The van der Waals surface area contributed by atoms with Gasteiger partial charge in [-0.25, -0.2) is 4.79 Å². The van der Waals surface area contributed by atoms with E-state index in [1.54, 1.807) is 37.5 Å². The first-order valence-electron chi connectivity index (χ1n) is 14.2. The highest BCUT2D eigenvalue weighted by Gasteiger charge is 2.70. The van der Waals surface area contributed by atoms with Crippen molar-refractivity contribution in [1.29, 1.82) is 0 Å². The molecule has 1 aromatic rings. The number of ether oxygens (including phenoxy) is 1. The van der Waals surface area contributed by atoms with E-state index in [0.717, 1.165) is 6.42 Å². The first-order valence-corrected chi connectivity index (χ1v) is 14.2. The molecule has 2 bridgehead atoms. The Labute approximate surface area is 236 Å². The highest BCUT2D eigenvalue weighted by Crippen LogP contribution is 2.69. The Morgan fingerprint density at radius 1 is 1.27 bits per heavy atom. The summed E-state index contributed by atoms with van der Waals surface area (Å²) < 4.78 is 6.31. The number of nitrogens with zero attached hydrogens (tertiary/aromatic N) is 2. The first kappa shape index (κ1) is 28.8. The predicted octanol–water partition coefficient (Wildman–Crippen LogP) is 2.07. The minimum atomic E-state index is -1.36. The van der Waals surface area contributed by atoms with Crippen molar-refractivity contribution < 1.29 is 34.7 Å². The Balaban J connectivity index is 1.66. The van der Waals surface area contributed by atoms with Crippen molar-refractivity contribution in [3.63, 3.8) is 0 Å². The van der Waals surface area contributed by atoms with E-state index in [4.69, 9.17) is 4.74 Å². The average Bonchev–Trinajstić information content (AvgIpc) is 3.20. The number of hydrogen-bond acceptors (Lipinski definition) is 8. The van der Waals surface area contributed by atoms with Gasteiger partial charge in [0.05, 0.1) is 12.3 Å². The summed E-state index contributed by atoms with van der Waals surface area (Å²) in [6.45, 7) is 12.0. The molecule has 10 atom stereocenters. The number of rotatable bonds is 5. The fourth-order valence-corrected chi connectivity index (χ4v) is 8.74. The van der Waals surface area contributed by atoms with Crippen LogP contribution in [0.2, 0.25) is 0 Å². The Morgan fingerprint density at radius 3 is 2.62 bits per heavy atom. The Bertz CT molecular complexity index is 1260. The summed E-state index contributed by atoms with van der Waals surface area (Å²) in [4.78, 5) is 28.3. The molecule has 3 saturated carbocycles. The predicted molar refractivity (Wildman–Crippen MR) is 151 cm³/mol. The number of aliphatic hydroxyl groups excluding tert-OH is 2. The summed E-state index contributed by atoms with van der Waals surface area (Å²) in [5.74, 6) is -2.82. The molecular weight excluding hydrogens is 511 g/mol. The number of carbonyl (C=O) groups is 2. The lowest BCUT2D eigenvalue weighted by molar-refractivity contribution is -0.193. The third kappa shape index (κ3) is 3.97. The van der Waals surface area contributed by atoms with Crippen LogP contribution in [0.25, 0.3) is 0 Å². The zero-order chi connectivity index (χ0) is 29.4. The van der Waals surface area contributed by atoms with Gasteiger partial charge < -0.3 is 30.0 Å². The minimum absolute atomic E-state index is 0.0398. The molecule has 0 aromatic heterocycles. The van der Waals surface area contributed by atoms with Crippen LogP contribution < -0.4 is 10.2 Å². The van der Waals surface area contributed by atoms with Gasteiger partial charge in [0.1, 0.15) is 11.9 Å². The number of benzene rings is 1. The molecule has 0 saturated heterocycles. The van der Waals surface area contributed by atoms with E-state index in [9.17, 15) is 29.9 Å². The van der Waals surface area contributed by atoms with Gasteiger partial charge >= 0.3 is 13.0 Å². The molecule has 5 rings (SSSR count). The van der Waals surface area contributed by atoms with Gasteiger partial charge in [0.15, 0.2) is 11.9 Å². The van der Waals surface area contributed by atoms with Crippen LogP contribution in [0.15, 0.2) is 36.0 Å². The van der Waals surface area contributed by atoms with Crippen LogP contribution in [0.3, 0.4) is 0 Å². The molecule has 1 heterocycles. The smallest absolute Gasteiger partial charge is 0.466 e. The van der Waals surface area contributed by atoms with E-state index in [1.165, 1.54) is 4.92 Å². The molecule has 40 heavy (non-hydrogen) atoms. The van der Waals surface area contributed by atoms with Crippen LogP contribution in [0, 0.1) is 39.9 Å². The van der Waals surface area contributed by atoms with Gasteiger partial charge in [-0.3, -0.25) is 4.79 Å². The second-order valence-electron chi connectivity index (χ2n) is 13.2. The molecule has 0 amide bonds. The molecule has 4 aliphatic rings. The van der Waals surface area contributed by atoms with Gasteiger partial charge in [-0.2, -0.15) is 5.10 Å². The topological polar surface area (TPSA) is 140 Å². The van der Waals surface area contributed by atoms with Gasteiger partial charge in [-0.15, -0.1) is 6.58 Å². The molecule has 1 aliphatic heterocycles. The number of aliphatic hydroxyl groups is 2. The number of fused-ring (bicyclic) bond motifs is 1. The zero-order valence-corrected chi connectivity index (χ0v) is 23.9. The highest BCUT2D eigenvalue weighted by atomic mass is 16.5. The van der Waals surface area contributed by atoms with Crippen LogP contribution >= 0.6 is 0 Å². The number of carboxylic acids is 1.